The highest BCUT2D eigenvalue weighted by atomic mass is 17.2. The highest BCUT2D eigenvalue weighted by Crippen LogP contribution is 2.42. The van der Waals surface area contributed by atoms with E-state index in [0.29, 0.717) is 33.7 Å². The molecule has 2 atom stereocenters. The maximum atomic E-state index is 13.0. The molecule has 0 spiro atoms. The van der Waals surface area contributed by atoms with Gasteiger partial charge in [0.15, 0.2) is 11.3 Å². The Labute approximate surface area is 184 Å². The molecular weight excluding hydrogens is 412 g/mol. The Morgan fingerprint density at radius 1 is 1.09 bits per heavy atom. The summed E-state index contributed by atoms with van der Waals surface area (Å²) >= 11 is 0. The normalized spacial score (nSPS) is 20.5. The fourth-order valence-corrected chi connectivity index (χ4v) is 4.56. The molecule has 2 fully saturated rings. The minimum absolute atomic E-state index is 0.132. The molecule has 1 saturated heterocycles. The first-order chi connectivity index (χ1) is 15.6. The van der Waals surface area contributed by atoms with Crippen molar-refractivity contribution in [3.8, 4) is 17.0 Å². The predicted molar refractivity (Wildman–Crippen MR) is 114 cm³/mol. The quantitative estimate of drug-likeness (QED) is 0.333. The number of carbonyl (C=O) groups is 3. The number of fused-ring (bicyclic) bond motifs is 2. The third kappa shape index (κ3) is 3.32. The van der Waals surface area contributed by atoms with Crippen molar-refractivity contribution in [1.29, 1.82) is 0 Å². The summed E-state index contributed by atoms with van der Waals surface area (Å²) in [5, 5.41) is 4.79. The van der Waals surface area contributed by atoms with E-state index < -0.39 is 5.97 Å². The predicted octanol–water partition coefficient (Wildman–Crippen LogP) is 4.42. The molecule has 164 valence electrons. The zero-order valence-electron chi connectivity index (χ0n) is 17.6. The summed E-state index contributed by atoms with van der Waals surface area (Å²) in [4.78, 5) is 48.9. The van der Waals surface area contributed by atoms with Crippen molar-refractivity contribution < 1.29 is 28.7 Å². The van der Waals surface area contributed by atoms with Crippen LogP contribution >= 0.6 is 0 Å². The molecule has 2 aromatic carbocycles. The van der Waals surface area contributed by atoms with Gasteiger partial charge in [-0.2, -0.15) is 0 Å². The molecule has 32 heavy (non-hydrogen) atoms. The number of imide groups is 1. The molecule has 3 aromatic rings. The Morgan fingerprint density at radius 3 is 2.53 bits per heavy atom. The Hall–Kier alpha value is -3.68. The van der Waals surface area contributed by atoms with Gasteiger partial charge < -0.3 is 4.52 Å². The molecule has 1 aromatic heterocycles. The largest absolute Gasteiger partial charge is 0.356 e. The lowest BCUT2D eigenvalue weighted by molar-refractivity contribution is -0.213. The van der Waals surface area contributed by atoms with Crippen LogP contribution in [0.3, 0.4) is 0 Å². The SMILES string of the molecule is CCC(=O)OOc1ccccc1-c1noc2ccc(N3C(=O)C4CCCCC4C3=O)cc12. The zero-order chi connectivity index (χ0) is 22.2. The lowest BCUT2D eigenvalue weighted by Crippen LogP contribution is -2.30. The van der Waals surface area contributed by atoms with Gasteiger partial charge in [-0.1, -0.05) is 37.1 Å². The van der Waals surface area contributed by atoms with Crippen LogP contribution in [0.15, 0.2) is 47.0 Å². The molecule has 1 aliphatic carbocycles. The standard InChI is InChI=1S/C24H22N2O6/c1-2-21(27)32-31-20-10-6-5-9-17(20)22-18-13-14(11-12-19(18)30-25-22)26-23(28)15-7-3-4-8-16(15)24(26)29/h5-6,9-13,15-16H,2-4,7-8H2,1H3. The first kappa shape index (κ1) is 20.2. The second kappa shape index (κ2) is 8.11. The van der Waals surface area contributed by atoms with Gasteiger partial charge in [-0.25, -0.2) is 4.79 Å². The highest BCUT2D eigenvalue weighted by Gasteiger charge is 2.48. The monoisotopic (exact) mass is 434 g/mol. The average molecular weight is 434 g/mol. The molecule has 2 aliphatic rings. The van der Waals surface area contributed by atoms with E-state index >= 15 is 0 Å². The van der Waals surface area contributed by atoms with E-state index in [0.717, 1.165) is 25.7 Å². The lowest BCUT2D eigenvalue weighted by Gasteiger charge is -2.19. The third-order valence-corrected chi connectivity index (χ3v) is 6.21. The second-order valence-corrected chi connectivity index (χ2v) is 8.11. The maximum Gasteiger partial charge on any atom is 0.355 e. The number of hydrogen-bond acceptors (Lipinski definition) is 7. The number of hydrogen-bond donors (Lipinski definition) is 0. The second-order valence-electron chi connectivity index (χ2n) is 8.11. The minimum atomic E-state index is -0.500. The van der Waals surface area contributed by atoms with E-state index in [-0.39, 0.29) is 30.1 Å². The molecule has 1 saturated carbocycles. The van der Waals surface area contributed by atoms with E-state index in [1.807, 2.05) is 0 Å². The average Bonchev–Trinajstić information content (AvgIpc) is 3.36. The Kier molecular flexibility index (Phi) is 5.13. The van der Waals surface area contributed by atoms with Crippen LogP contribution in [0.4, 0.5) is 5.69 Å². The number of amides is 2. The summed E-state index contributed by atoms with van der Waals surface area (Å²) in [6, 6.07) is 12.1. The molecule has 2 unspecified atom stereocenters. The summed E-state index contributed by atoms with van der Waals surface area (Å²) in [7, 11) is 0. The summed E-state index contributed by atoms with van der Waals surface area (Å²) in [5.74, 6) is -0.916. The molecule has 2 heterocycles. The minimum Gasteiger partial charge on any atom is -0.356 e. The third-order valence-electron chi connectivity index (χ3n) is 6.21. The van der Waals surface area contributed by atoms with Crippen LogP contribution in [0, 0.1) is 11.8 Å². The molecule has 8 nitrogen and oxygen atoms in total. The zero-order valence-corrected chi connectivity index (χ0v) is 17.6. The number of carbonyl (C=O) groups excluding carboxylic acids is 3. The number of anilines is 1. The van der Waals surface area contributed by atoms with Gasteiger partial charge in [0.2, 0.25) is 11.8 Å². The van der Waals surface area contributed by atoms with Gasteiger partial charge in [-0.05, 0) is 43.2 Å². The van der Waals surface area contributed by atoms with E-state index in [1.54, 1.807) is 49.4 Å². The Balaban J connectivity index is 1.53. The van der Waals surface area contributed by atoms with Crippen molar-refractivity contribution in [3.05, 3.63) is 42.5 Å². The first-order valence-corrected chi connectivity index (χ1v) is 10.8. The fraction of sp³-hybridized carbons (Fsp3) is 0.333. The summed E-state index contributed by atoms with van der Waals surface area (Å²) < 4.78 is 5.47. The highest BCUT2D eigenvalue weighted by molar-refractivity contribution is 6.22. The van der Waals surface area contributed by atoms with Crippen molar-refractivity contribution in [2.45, 2.75) is 39.0 Å². The van der Waals surface area contributed by atoms with E-state index in [4.69, 9.17) is 14.3 Å². The van der Waals surface area contributed by atoms with E-state index in [2.05, 4.69) is 5.16 Å². The van der Waals surface area contributed by atoms with Crippen molar-refractivity contribution in [2.24, 2.45) is 11.8 Å². The van der Waals surface area contributed by atoms with E-state index in [9.17, 15) is 14.4 Å². The van der Waals surface area contributed by atoms with Crippen LogP contribution in [-0.4, -0.2) is 22.9 Å². The number of nitrogens with zero attached hydrogens (tertiary/aromatic N) is 2. The van der Waals surface area contributed by atoms with Crippen molar-refractivity contribution in [1.82, 2.24) is 5.16 Å². The molecular formula is C24H22N2O6. The first-order valence-electron chi connectivity index (χ1n) is 10.8. The van der Waals surface area contributed by atoms with Gasteiger partial charge in [0.05, 0.1) is 28.5 Å². The summed E-state index contributed by atoms with van der Waals surface area (Å²) in [6.45, 7) is 1.67. The van der Waals surface area contributed by atoms with Gasteiger partial charge in [-0.15, -0.1) is 0 Å². The van der Waals surface area contributed by atoms with Crippen molar-refractivity contribution in [3.63, 3.8) is 0 Å². The summed E-state index contributed by atoms with van der Waals surface area (Å²) in [6.07, 6.45) is 3.64. The Morgan fingerprint density at radius 2 is 1.81 bits per heavy atom. The molecule has 0 bridgehead atoms. The van der Waals surface area contributed by atoms with Crippen LogP contribution < -0.4 is 9.79 Å². The maximum absolute atomic E-state index is 13.0. The van der Waals surface area contributed by atoms with Crippen LogP contribution in [0.2, 0.25) is 0 Å². The molecule has 8 heteroatoms. The van der Waals surface area contributed by atoms with Gasteiger partial charge >= 0.3 is 5.97 Å². The van der Waals surface area contributed by atoms with Crippen LogP contribution in [0.1, 0.15) is 39.0 Å². The molecule has 2 amide bonds. The van der Waals surface area contributed by atoms with Crippen LogP contribution in [0.25, 0.3) is 22.2 Å². The van der Waals surface area contributed by atoms with Gasteiger partial charge in [0, 0.05) is 6.42 Å². The molecule has 0 radical (unpaired) electrons. The summed E-state index contributed by atoms with van der Waals surface area (Å²) in [5.41, 5.74) is 2.02. The van der Waals surface area contributed by atoms with Gasteiger partial charge in [0.1, 0.15) is 5.69 Å². The van der Waals surface area contributed by atoms with Crippen LogP contribution in [0.5, 0.6) is 5.75 Å². The van der Waals surface area contributed by atoms with Gasteiger partial charge in [0.25, 0.3) is 0 Å². The Bertz CT molecular complexity index is 1190. The number of benzene rings is 2. The number of rotatable bonds is 5. The van der Waals surface area contributed by atoms with Crippen molar-refractivity contribution in [2.75, 3.05) is 4.90 Å². The number of para-hydroxylation sites is 1. The molecule has 1 aliphatic heterocycles. The lowest BCUT2D eigenvalue weighted by atomic mass is 9.81. The van der Waals surface area contributed by atoms with Crippen molar-refractivity contribution >= 4 is 34.4 Å². The topological polar surface area (TPSA) is 98.9 Å². The fourth-order valence-electron chi connectivity index (χ4n) is 4.56. The van der Waals surface area contributed by atoms with E-state index in [1.165, 1.54) is 4.90 Å². The smallest absolute Gasteiger partial charge is 0.355 e. The molecule has 0 N–H and O–H groups in total. The number of aromatic nitrogens is 1. The van der Waals surface area contributed by atoms with Gasteiger partial charge in [-0.3, -0.25) is 24.3 Å². The van der Waals surface area contributed by atoms with Crippen LogP contribution in [-0.2, 0) is 19.3 Å². The molecule has 5 rings (SSSR count).